The molecule has 1 aliphatic carbocycles. The van der Waals surface area contributed by atoms with Gasteiger partial charge in [-0.15, -0.1) is 0 Å². The van der Waals surface area contributed by atoms with Crippen molar-refractivity contribution in [2.75, 3.05) is 13.2 Å². The SMILES string of the molecule is CCCCC[C@@H](O)/C=C/[C@H]1CCC(=O)[C@@H]1CCCCCCC(=O)NCC(=O)OCC. The van der Waals surface area contributed by atoms with Crippen LogP contribution in [0.4, 0.5) is 0 Å². The van der Waals surface area contributed by atoms with Gasteiger partial charge in [0.05, 0.1) is 12.7 Å². The summed E-state index contributed by atoms with van der Waals surface area (Å²) in [5.41, 5.74) is 0. The monoisotopic (exact) mass is 423 g/mol. The van der Waals surface area contributed by atoms with Crippen molar-refractivity contribution in [2.45, 2.75) is 97.0 Å². The maximum absolute atomic E-state index is 12.2. The van der Waals surface area contributed by atoms with Crippen LogP contribution in [-0.4, -0.2) is 42.0 Å². The van der Waals surface area contributed by atoms with Crippen molar-refractivity contribution in [2.24, 2.45) is 11.8 Å². The van der Waals surface area contributed by atoms with E-state index in [0.717, 1.165) is 64.2 Å². The number of carbonyl (C=O) groups is 3. The van der Waals surface area contributed by atoms with Gasteiger partial charge in [-0.05, 0) is 38.5 Å². The highest BCUT2D eigenvalue weighted by Gasteiger charge is 2.32. The lowest BCUT2D eigenvalue weighted by Gasteiger charge is -2.15. The predicted octanol–water partition coefficient (Wildman–Crippen LogP) is 4.10. The molecular weight excluding hydrogens is 382 g/mol. The van der Waals surface area contributed by atoms with Gasteiger partial charge in [-0.25, -0.2) is 0 Å². The number of ether oxygens (including phenoxy) is 1. The Bertz CT molecular complexity index is 546. The number of esters is 1. The molecule has 0 radical (unpaired) electrons. The minimum Gasteiger partial charge on any atom is -0.465 e. The van der Waals surface area contributed by atoms with Gasteiger partial charge in [0.2, 0.25) is 5.91 Å². The molecule has 172 valence electrons. The molecule has 1 rings (SSSR count). The van der Waals surface area contributed by atoms with E-state index in [4.69, 9.17) is 4.74 Å². The highest BCUT2D eigenvalue weighted by molar-refractivity contribution is 5.83. The summed E-state index contributed by atoms with van der Waals surface area (Å²) in [4.78, 5) is 35.1. The van der Waals surface area contributed by atoms with E-state index in [1.165, 1.54) is 0 Å². The van der Waals surface area contributed by atoms with Crippen LogP contribution in [0.2, 0.25) is 0 Å². The fraction of sp³-hybridized carbons (Fsp3) is 0.792. The van der Waals surface area contributed by atoms with Crippen LogP contribution in [0.15, 0.2) is 12.2 Å². The molecular formula is C24H41NO5. The standard InChI is InChI=1S/C24H41NO5/c1-3-5-8-11-20(26)16-14-19-15-17-22(27)21(19)12-9-6-7-10-13-23(28)25-18-24(29)30-4-2/h14,16,19-21,26H,3-13,15,17-18H2,1-2H3,(H,25,28)/b16-14+/t19-,20+,21+/m0/s1. The lowest BCUT2D eigenvalue weighted by Crippen LogP contribution is -2.30. The quantitative estimate of drug-likeness (QED) is 0.221. The Hall–Kier alpha value is -1.69. The van der Waals surface area contributed by atoms with Crippen molar-refractivity contribution in [1.29, 1.82) is 0 Å². The Labute approximate surface area is 181 Å². The first-order valence-electron chi connectivity index (χ1n) is 11.8. The Balaban J connectivity index is 2.19. The molecule has 0 bridgehead atoms. The number of ketones is 1. The van der Waals surface area contributed by atoms with E-state index in [9.17, 15) is 19.5 Å². The second-order valence-corrected chi connectivity index (χ2v) is 8.26. The lowest BCUT2D eigenvalue weighted by molar-refractivity contribution is -0.143. The average Bonchev–Trinajstić information content (AvgIpc) is 3.07. The van der Waals surface area contributed by atoms with E-state index in [2.05, 4.69) is 18.3 Å². The highest BCUT2D eigenvalue weighted by Crippen LogP contribution is 2.34. The zero-order valence-electron chi connectivity index (χ0n) is 18.9. The van der Waals surface area contributed by atoms with Crippen molar-refractivity contribution in [3.63, 3.8) is 0 Å². The molecule has 0 aromatic rings. The lowest BCUT2D eigenvalue weighted by atomic mass is 9.89. The van der Waals surface area contributed by atoms with E-state index in [1.54, 1.807) is 6.92 Å². The number of nitrogens with one attached hydrogen (secondary N) is 1. The highest BCUT2D eigenvalue weighted by atomic mass is 16.5. The molecule has 1 fully saturated rings. The minimum absolute atomic E-state index is 0.0708. The first kappa shape index (κ1) is 26.3. The summed E-state index contributed by atoms with van der Waals surface area (Å²) in [6, 6.07) is 0. The van der Waals surface area contributed by atoms with Crippen LogP contribution in [0.25, 0.3) is 0 Å². The van der Waals surface area contributed by atoms with Gasteiger partial charge in [0.25, 0.3) is 0 Å². The topological polar surface area (TPSA) is 92.7 Å². The van der Waals surface area contributed by atoms with Gasteiger partial charge in [0, 0.05) is 18.8 Å². The molecule has 0 heterocycles. The minimum atomic E-state index is -0.413. The zero-order valence-corrected chi connectivity index (χ0v) is 18.9. The number of hydrogen-bond donors (Lipinski definition) is 2. The first-order chi connectivity index (χ1) is 14.5. The van der Waals surface area contributed by atoms with Gasteiger partial charge in [0.15, 0.2) is 0 Å². The number of amides is 1. The van der Waals surface area contributed by atoms with E-state index >= 15 is 0 Å². The molecule has 1 saturated carbocycles. The van der Waals surface area contributed by atoms with Crippen LogP contribution in [0.1, 0.15) is 90.9 Å². The number of rotatable bonds is 16. The number of aliphatic hydroxyl groups excluding tert-OH is 1. The number of aliphatic hydroxyl groups is 1. The van der Waals surface area contributed by atoms with Crippen molar-refractivity contribution in [3.8, 4) is 0 Å². The van der Waals surface area contributed by atoms with Crippen molar-refractivity contribution in [1.82, 2.24) is 5.32 Å². The fourth-order valence-corrected chi connectivity index (χ4v) is 3.98. The van der Waals surface area contributed by atoms with Gasteiger partial charge in [-0.1, -0.05) is 57.6 Å². The predicted molar refractivity (Wildman–Crippen MR) is 118 cm³/mol. The molecule has 6 nitrogen and oxygen atoms in total. The molecule has 0 unspecified atom stereocenters. The summed E-state index contributed by atoms with van der Waals surface area (Å²) in [7, 11) is 0. The molecule has 0 aromatic carbocycles. The first-order valence-corrected chi connectivity index (χ1v) is 11.8. The van der Waals surface area contributed by atoms with Crippen molar-refractivity contribution >= 4 is 17.7 Å². The average molecular weight is 424 g/mol. The maximum atomic E-state index is 12.2. The molecule has 30 heavy (non-hydrogen) atoms. The van der Waals surface area contributed by atoms with Crippen LogP contribution in [0, 0.1) is 11.8 Å². The number of carbonyl (C=O) groups excluding carboxylic acids is 3. The Morgan fingerprint density at radius 3 is 2.67 bits per heavy atom. The molecule has 0 aliphatic heterocycles. The molecule has 3 atom stereocenters. The molecule has 0 saturated heterocycles. The van der Waals surface area contributed by atoms with Gasteiger partial charge >= 0.3 is 5.97 Å². The summed E-state index contributed by atoms with van der Waals surface area (Å²) in [5.74, 6) is 0.147. The van der Waals surface area contributed by atoms with Crippen molar-refractivity contribution < 1.29 is 24.2 Å². The Morgan fingerprint density at radius 1 is 1.17 bits per heavy atom. The fourth-order valence-electron chi connectivity index (χ4n) is 3.98. The summed E-state index contributed by atoms with van der Waals surface area (Å²) in [6.45, 7) is 4.13. The second kappa shape index (κ2) is 16.1. The van der Waals surface area contributed by atoms with Crippen LogP contribution in [0.3, 0.4) is 0 Å². The maximum Gasteiger partial charge on any atom is 0.325 e. The van der Waals surface area contributed by atoms with Gasteiger partial charge in [-0.3, -0.25) is 14.4 Å². The third-order valence-corrected chi connectivity index (χ3v) is 5.74. The summed E-state index contributed by atoms with van der Waals surface area (Å²) in [6.07, 6.45) is 14.2. The summed E-state index contributed by atoms with van der Waals surface area (Å²) >= 11 is 0. The van der Waals surface area contributed by atoms with Crippen LogP contribution < -0.4 is 5.32 Å². The number of Topliss-reactive ketones (excluding diaryl/α,β-unsaturated/α-hetero) is 1. The molecule has 6 heteroatoms. The van der Waals surface area contributed by atoms with E-state index in [0.29, 0.717) is 25.2 Å². The summed E-state index contributed by atoms with van der Waals surface area (Å²) < 4.78 is 4.77. The normalized spacial score (nSPS) is 19.9. The smallest absolute Gasteiger partial charge is 0.325 e. The summed E-state index contributed by atoms with van der Waals surface area (Å²) in [5, 5.41) is 12.6. The van der Waals surface area contributed by atoms with Gasteiger partial charge < -0.3 is 15.2 Å². The number of hydrogen-bond acceptors (Lipinski definition) is 5. The van der Waals surface area contributed by atoms with Crippen molar-refractivity contribution in [3.05, 3.63) is 12.2 Å². The van der Waals surface area contributed by atoms with Crippen LogP contribution >= 0.6 is 0 Å². The van der Waals surface area contributed by atoms with Crippen LogP contribution in [0.5, 0.6) is 0 Å². The molecule has 0 aromatic heterocycles. The van der Waals surface area contributed by atoms with E-state index < -0.39 is 12.1 Å². The van der Waals surface area contributed by atoms with Crippen LogP contribution in [-0.2, 0) is 19.1 Å². The largest absolute Gasteiger partial charge is 0.465 e. The second-order valence-electron chi connectivity index (χ2n) is 8.26. The van der Waals surface area contributed by atoms with Gasteiger partial charge in [-0.2, -0.15) is 0 Å². The van der Waals surface area contributed by atoms with E-state index in [1.807, 2.05) is 6.08 Å². The molecule has 1 amide bonds. The molecule has 2 N–H and O–H groups in total. The molecule has 0 spiro atoms. The Morgan fingerprint density at radius 2 is 1.93 bits per heavy atom. The number of unbranched alkanes of at least 4 members (excludes halogenated alkanes) is 5. The third-order valence-electron chi connectivity index (χ3n) is 5.74. The van der Waals surface area contributed by atoms with Gasteiger partial charge in [0.1, 0.15) is 12.3 Å². The Kier molecular flexibility index (Phi) is 14.1. The number of allylic oxidation sites excluding steroid dienone is 1. The van der Waals surface area contributed by atoms with E-state index in [-0.39, 0.29) is 24.3 Å². The third kappa shape index (κ3) is 11.5. The molecule has 1 aliphatic rings. The zero-order chi connectivity index (χ0) is 22.2.